The van der Waals surface area contributed by atoms with Gasteiger partial charge in [0.25, 0.3) is 0 Å². The molecule has 0 heterocycles. The first-order chi connectivity index (χ1) is 15.3. The Morgan fingerprint density at radius 2 is 1.06 bits per heavy atom. The summed E-state index contributed by atoms with van der Waals surface area (Å²) in [6.07, 6.45) is 22.0. The number of hydrogen-bond donors (Lipinski definition) is 2. The third-order valence-corrected chi connectivity index (χ3v) is 5.81. The number of carbonyl (C=O) groups is 3. The van der Waals surface area contributed by atoms with Crippen molar-refractivity contribution in [2.45, 2.75) is 103 Å². The van der Waals surface area contributed by atoms with E-state index in [2.05, 4.69) is 19.1 Å². The number of nitrogens with zero attached hydrogens (tertiary/aromatic N) is 1. The molecule has 0 aromatic rings. The summed E-state index contributed by atoms with van der Waals surface area (Å²) in [6.45, 7) is 0.763. The zero-order valence-corrected chi connectivity index (χ0v) is 20.1. The molecule has 32 heavy (non-hydrogen) atoms. The Morgan fingerprint density at radius 3 is 1.44 bits per heavy atom. The Balaban J connectivity index is 3.80. The number of aliphatic carboxylic acids is 3. The number of quaternary nitrogens is 1. The molecule has 0 amide bonds. The van der Waals surface area contributed by atoms with Crippen LogP contribution in [-0.4, -0.2) is 58.8 Å². The summed E-state index contributed by atoms with van der Waals surface area (Å²) in [6, 6.07) is 0. The highest BCUT2D eigenvalue weighted by Crippen LogP contribution is 2.15. The van der Waals surface area contributed by atoms with Crippen molar-refractivity contribution in [1.29, 1.82) is 0 Å². The van der Waals surface area contributed by atoms with E-state index in [1.807, 2.05) is 0 Å². The molecule has 0 fully saturated rings. The van der Waals surface area contributed by atoms with E-state index in [0.29, 0.717) is 6.42 Å². The molecule has 0 aliphatic heterocycles. The third-order valence-electron chi connectivity index (χ3n) is 5.81. The molecule has 0 saturated heterocycles. The highest BCUT2D eigenvalue weighted by Gasteiger charge is 2.33. The van der Waals surface area contributed by atoms with E-state index in [-0.39, 0.29) is 6.54 Å². The summed E-state index contributed by atoms with van der Waals surface area (Å²) in [5, 5.41) is 29.2. The maximum atomic E-state index is 11.1. The first-order valence-corrected chi connectivity index (χ1v) is 12.4. The average molecular weight is 456 g/mol. The lowest BCUT2D eigenvalue weighted by Gasteiger charge is -2.36. The van der Waals surface area contributed by atoms with Gasteiger partial charge in [-0.15, -0.1) is 0 Å². The molecule has 0 bridgehead atoms. The van der Waals surface area contributed by atoms with Gasteiger partial charge in [0.05, 0.1) is 12.5 Å². The summed E-state index contributed by atoms with van der Waals surface area (Å²) in [7, 11) is 0. The van der Waals surface area contributed by atoms with E-state index in [4.69, 9.17) is 10.2 Å². The normalized spacial score (nSPS) is 11.8. The van der Waals surface area contributed by atoms with Crippen LogP contribution in [0.15, 0.2) is 12.2 Å². The molecule has 0 unspecified atom stereocenters. The highest BCUT2D eigenvalue weighted by atomic mass is 16.4. The number of allylic oxidation sites excluding steroid dienone is 2. The minimum Gasteiger partial charge on any atom is -0.544 e. The first kappa shape index (κ1) is 30.1. The Hall–Kier alpha value is -1.89. The van der Waals surface area contributed by atoms with Crippen LogP contribution in [0.4, 0.5) is 0 Å². The van der Waals surface area contributed by atoms with Crippen molar-refractivity contribution < 1.29 is 34.2 Å². The van der Waals surface area contributed by atoms with Crippen LogP contribution in [0.25, 0.3) is 0 Å². The van der Waals surface area contributed by atoms with Crippen molar-refractivity contribution in [2.75, 3.05) is 26.2 Å². The van der Waals surface area contributed by atoms with Crippen molar-refractivity contribution in [2.24, 2.45) is 0 Å². The molecular formula is C25H45NO6. The fraction of sp³-hybridized carbons (Fsp3) is 0.800. The molecule has 0 spiro atoms. The van der Waals surface area contributed by atoms with Gasteiger partial charge in [0.1, 0.15) is 6.54 Å². The van der Waals surface area contributed by atoms with E-state index < -0.39 is 42.0 Å². The molecule has 0 rings (SSSR count). The largest absolute Gasteiger partial charge is 0.544 e. The van der Waals surface area contributed by atoms with Crippen molar-refractivity contribution >= 4 is 17.9 Å². The van der Waals surface area contributed by atoms with E-state index >= 15 is 0 Å². The van der Waals surface area contributed by atoms with Crippen molar-refractivity contribution in [3.8, 4) is 0 Å². The quantitative estimate of drug-likeness (QED) is 0.136. The first-order valence-electron chi connectivity index (χ1n) is 12.4. The maximum absolute atomic E-state index is 11.1. The zero-order chi connectivity index (χ0) is 24.1. The van der Waals surface area contributed by atoms with Gasteiger partial charge in [0, 0.05) is 0 Å². The molecule has 0 aromatic heterocycles. The van der Waals surface area contributed by atoms with Crippen molar-refractivity contribution in [3.05, 3.63) is 12.2 Å². The van der Waals surface area contributed by atoms with Gasteiger partial charge in [-0.3, -0.25) is 0 Å². The van der Waals surface area contributed by atoms with Gasteiger partial charge >= 0.3 is 11.9 Å². The van der Waals surface area contributed by atoms with Crippen LogP contribution in [0, 0.1) is 0 Å². The number of rotatable bonds is 23. The summed E-state index contributed by atoms with van der Waals surface area (Å²) in [5.41, 5.74) is 0. The average Bonchev–Trinajstić information content (AvgIpc) is 2.68. The fourth-order valence-electron chi connectivity index (χ4n) is 4.19. The number of hydrogen-bond acceptors (Lipinski definition) is 4. The lowest BCUT2D eigenvalue weighted by molar-refractivity contribution is -0.909. The Labute approximate surface area is 194 Å². The van der Waals surface area contributed by atoms with Gasteiger partial charge in [-0.2, -0.15) is 0 Å². The number of carbonyl (C=O) groups excluding carboxylic acids is 1. The molecule has 7 nitrogen and oxygen atoms in total. The Morgan fingerprint density at radius 1 is 0.656 bits per heavy atom. The Kier molecular flexibility index (Phi) is 18.6. The standard InChI is InChI=1S/C25H45NO6/c1-2-3-4-5-6-7-8-9-10-11-12-13-14-15-16-17-18-19-26(20-23(27)28,21-24(29)30)22-25(31)32/h3-4H,2,5-22H2,1H3,(H2-,27,28,29,30,31,32)/b4-3+. The molecule has 0 aliphatic rings. The SMILES string of the molecule is CC/C=C/CCCCCCCCCCCCCCC[N+](CC(=O)[O-])(CC(=O)O)CC(=O)O. The van der Waals surface area contributed by atoms with Gasteiger partial charge in [-0.25, -0.2) is 9.59 Å². The van der Waals surface area contributed by atoms with Gasteiger partial charge in [-0.05, 0) is 32.1 Å². The van der Waals surface area contributed by atoms with Crippen LogP contribution in [-0.2, 0) is 14.4 Å². The molecule has 186 valence electrons. The second kappa shape index (κ2) is 19.8. The molecule has 0 saturated carbocycles. The van der Waals surface area contributed by atoms with Crippen LogP contribution in [0.5, 0.6) is 0 Å². The van der Waals surface area contributed by atoms with Gasteiger partial charge < -0.3 is 24.6 Å². The van der Waals surface area contributed by atoms with Crippen LogP contribution in [0.1, 0.15) is 103 Å². The van der Waals surface area contributed by atoms with Gasteiger partial charge in [0.15, 0.2) is 13.1 Å². The summed E-state index contributed by atoms with van der Waals surface area (Å²) in [5.74, 6) is -3.81. The second-order valence-corrected chi connectivity index (χ2v) is 8.96. The van der Waals surface area contributed by atoms with Crippen LogP contribution in [0.2, 0.25) is 0 Å². The molecule has 0 radical (unpaired) electrons. The third kappa shape index (κ3) is 18.8. The van der Waals surface area contributed by atoms with Crippen LogP contribution >= 0.6 is 0 Å². The van der Waals surface area contributed by atoms with Crippen LogP contribution < -0.4 is 5.11 Å². The lowest BCUT2D eigenvalue weighted by Crippen LogP contribution is -2.59. The molecule has 7 heteroatoms. The number of carboxylic acid groups (broad SMARTS) is 3. The fourth-order valence-corrected chi connectivity index (χ4v) is 4.19. The summed E-state index contributed by atoms with van der Waals surface area (Å²) >= 11 is 0. The summed E-state index contributed by atoms with van der Waals surface area (Å²) < 4.78 is -0.498. The minimum absolute atomic E-state index is 0.224. The van der Waals surface area contributed by atoms with E-state index in [1.165, 1.54) is 64.2 Å². The van der Waals surface area contributed by atoms with Crippen LogP contribution in [0.3, 0.4) is 0 Å². The van der Waals surface area contributed by atoms with Crippen molar-refractivity contribution in [3.63, 3.8) is 0 Å². The predicted molar refractivity (Wildman–Crippen MR) is 124 cm³/mol. The highest BCUT2D eigenvalue weighted by molar-refractivity contribution is 5.72. The topological polar surface area (TPSA) is 115 Å². The zero-order valence-electron chi connectivity index (χ0n) is 20.1. The lowest BCUT2D eigenvalue weighted by atomic mass is 10.0. The van der Waals surface area contributed by atoms with Crippen molar-refractivity contribution in [1.82, 2.24) is 0 Å². The molecule has 0 aliphatic carbocycles. The summed E-state index contributed by atoms with van der Waals surface area (Å²) in [4.78, 5) is 33.3. The Bertz CT molecular complexity index is 506. The smallest absolute Gasteiger partial charge is 0.359 e. The number of carboxylic acids is 3. The van der Waals surface area contributed by atoms with E-state index in [9.17, 15) is 19.5 Å². The predicted octanol–water partition coefficient (Wildman–Crippen LogP) is 4.15. The second-order valence-electron chi connectivity index (χ2n) is 8.96. The number of unbranched alkanes of at least 4 members (excludes halogenated alkanes) is 13. The monoisotopic (exact) mass is 455 g/mol. The minimum atomic E-state index is -1.42. The van der Waals surface area contributed by atoms with E-state index in [0.717, 1.165) is 25.7 Å². The molecule has 0 aromatic carbocycles. The van der Waals surface area contributed by atoms with Gasteiger partial charge in [0.2, 0.25) is 0 Å². The molecular weight excluding hydrogens is 410 g/mol. The molecule has 2 N–H and O–H groups in total. The van der Waals surface area contributed by atoms with E-state index in [1.54, 1.807) is 0 Å². The molecule has 0 atom stereocenters. The van der Waals surface area contributed by atoms with Gasteiger partial charge in [-0.1, -0.05) is 83.3 Å². The maximum Gasteiger partial charge on any atom is 0.359 e.